The van der Waals surface area contributed by atoms with Crippen LogP contribution < -0.4 is 10.1 Å². The first-order valence-electron chi connectivity index (χ1n) is 6.03. The summed E-state index contributed by atoms with van der Waals surface area (Å²) in [6, 6.07) is 5.61. The number of nitrogens with zero attached hydrogens (tertiary/aromatic N) is 1. The SMILES string of the molecule is Cc1cc(OC(C)C)ccc1NC(=O)c1cscn1. The molecule has 0 saturated heterocycles. The van der Waals surface area contributed by atoms with E-state index in [0.717, 1.165) is 17.0 Å². The Morgan fingerprint density at radius 3 is 2.79 bits per heavy atom. The Bertz CT molecular complexity index is 565. The van der Waals surface area contributed by atoms with Gasteiger partial charge in [-0.15, -0.1) is 11.3 Å². The Hall–Kier alpha value is -1.88. The third kappa shape index (κ3) is 3.54. The lowest BCUT2D eigenvalue weighted by Crippen LogP contribution is -2.13. The van der Waals surface area contributed by atoms with Gasteiger partial charge in [-0.3, -0.25) is 4.79 Å². The molecule has 100 valence electrons. The van der Waals surface area contributed by atoms with Crippen LogP contribution in [0, 0.1) is 6.92 Å². The van der Waals surface area contributed by atoms with Gasteiger partial charge in [0.1, 0.15) is 11.4 Å². The van der Waals surface area contributed by atoms with Crippen molar-refractivity contribution in [2.24, 2.45) is 0 Å². The maximum Gasteiger partial charge on any atom is 0.275 e. The van der Waals surface area contributed by atoms with E-state index in [1.54, 1.807) is 10.9 Å². The minimum Gasteiger partial charge on any atom is -0.491 e. The number of amides is 1. The molecule has 0 radical (unpaired) electrons. The molecule has 1 amide bonds. The van der Waals surface area contributed by atoms with Gasteiger partial charge in [0.05, 0.1) is 11.6 Å². The fourth-order valence-corrected chi connectivity index (χ4v) is 2.16. The van der Waals surface area contributed by atoms with Gasteiger partial charge in [-0.05, 0) is 44.5 Å². The molecular formula is C14H16N2O2S. The molecule has 1 aromatic carbocycles. The summed E-state index contributed by atoms with van der Waals surface area (Å²) in [5, 5.41) is 4.57. The predicted molar refractivity (Wildman–Crippen MR) is 77.0 cm³/mol. The lowest BCUT2D eigenvalue weighted by Gasteiger charge is -2.12. The van der Waals surface area contributed by atoms with Crippen LogP contribution >= 0.6 is 11.3 Å². The fourth-order valence-electron chi connectivity index (χ4n) is 1.63. The van der Waals surface area contributed by atoms with Crippen LogP contribution in [-0.4, -0.2) is 17.0 Å². The van der Waals surface area contributed by atoms with Crippen molar-refractivity contribution in [1.82, 2.24) is 4.98 Å². The number of hydrogen-bond acceptors (Lipinski definition) is 4. The van der Waals surface area contributed by atoms with Crippen LogP contribution in [0.2, 0.25) is 0 Å². The minimum absolute atomic E-state index is 0.134. The van der Waals surface area contributed by atoms with Crippen LogP contribution in [0.3, 0.4) is 0 Å². The second-order valence-corrected chi connectivity index (χ2v) is 5.19. The number of carbonyl (C=O) groups excluding carboxylic acids is 1. The van der Waals surface area contributed by atoms with E-state index in [-0.39, 0.29) is 12.0 Å². The van der Waals surface area contributed by atoms with Crippen molar-refractivity contribution in [2.75, 3.05) is 5.32 Å². The maximum absolute atomic E-state index is 11.9. The number of rotatable bonds is 4. The van der Waals surface area contributed by atoms with Gasteiger partial charge in [0, 0.05) is 11.1 Å². The molecule has 1 aromatic heterocycles. The number of aryl methyl sites for hydroxylation is 1. The summed E-state index contributed by atoms with van der Waals surface area (Å²) in [6.45, 7) is 5.89. The molecule has 5 heteroatoms. The van der Waals surface area contributed by atoms with Crippen LogP contribution in [0.15, 0.2) is 29.1 Å². The highest BCUT2D eigenvalue weighted by molar-refractivity contribution is 7.07. The van der Waals surface area contributed by atoms with Gasteiger partial charge in [0.15, 0.2) is 0 Å². The second kappa shape index (κ2) is 5.84. The first-order valence-corrected chi connectivity index (χ1v) is 6.97. The van der Waals surface area contributed by atoms with Gasteiger partial charge in [-0.1, -0.05) is 0 Å². The molecule has 0 unspecified atom stereocenters. The highest BCUT2D eigenvalue weighted by Crippen LogP contribution is 2.22. The number of hydrogen-bond donors (Lipinski definition) is 1. The highest BCUT2D eigenvalue weighted by Gasteiger charge is 2.10. The van der Waals surface area contributed by atoms with E-state index in [1.165, 1.54) is 11.3 Å². The maximum atomic E-state index is 11.9. The molecule has 0 bridgehead atoms. The first-order chi connectivity index (χ1) is 9.06. The van der Waals surface area contributed by atoms with E-state index in [4.69, 9.17) is 4.74 Å². The Kier molecular flexibility index (Phi) is 4.16. The molecule has 19 heavy (non-hydrogen) atoms. The summed E-state index contributed by atoms with van der Waals surface area (Å²) in [6.07, 6.45) is 0.134. The zero-order valence-corrected chi connectivity index (χ0v) is 12.0. The average Bonchev–Trinajstić information content (AvgIpc) is 2.85. The molecule has 2 aromatic rings. The number of thiazole rings is 1. The van der Waals surface area contributed by atoms with Gasteiger partial charge >= 0.3 is 0 Å². The lowest BCUT2D eigenvalue weighted by molar-refractivity contribution is 0.102. The van der Waals surface area contributed by atoms with Gasteiger partial charge in [0.2, 0.25) is 0 Å². The van der Waals surface area contributed by atoms with Gasteiger partial charge in [0.25, 0.3) is 5.91 Å². The van der Waals surface area contributed by atoms with Crippen molar-refractivity contribution in [3.8, 4) is 5.75 Å². The Labute approximate surface area is 116 Å². The molecule has 0 aliphatic carbocycles. The predicted octanol–water partition coefficient (Wildman–Crippen LogP) is 3.49. The van der Waals surface area contributed by atoms with E-state index in [2.05, 4.69) is 10.3 Å². The van der Waals surface area contributed by atoms with Gasteiger partial charge in [-0.2, -0.15) is 0 Å². The first kappa shape index (κ1) is 13.5. The van der Waals surface area contributed by atoms with Crippen molar-refractivity contribution in [2.45, 2.75) is 26.9 Å². The second-order valence-electron chi connectivity index (χ2n) is 4.47. The largest absolute Gasteiger partial charge is 0.491 e. The standard InChI is InChI=1S/C14H16N2O2S/c1-9(2)18-11-4-5-12(10(3)6-11)16-14(17)13-7-19-8-15-13/h4-9H,1-3H3,(H,16,17). The van der Waals surface area contributed by atoms with Crippen LogP contribution in [0.5, 0.6) is 5.75 Å². The number of nitrogens with one attached hydrogen (secondary N) is 1. The smallest absolute Gasteiger partial charge is 0.275 e. The van der Waals surface area contributed by atoms with Crippen molar-refractivity contribution in [1.29, 1.82) is 0 Å². The zero-order valence-electron chi connectivity index (χ0n) is 11.1. The fraction of sp³-hybridized carbons (Fsp3) is 0.286. The summed E-state index contributed by atoms with van der Waals surface area (Å²) >= 11 is 1.40. The van der Waals surface area contributed by atoms with Crippen LogP contribution in [-0.2, 0) is 0 Å². The number of anilines is 1. The molecule has 0 saturated carbocycles. The molecular weight excluding hydrogens is 260 g/mol. The van der Waals surface area contributed by atoms with E-state index in [0.29, 0.717) is 5.69 Å². The topological polar surface area (TPSA) is 51.2 Å². The molecule has 2 rings (SSSR count). The molecule has 0 aliphatic heterocycles. The molecule has 1 N–H and O–H groups in total. The van der Waals surface area contributed by atoms with E-state index >= 15 is 0 Å². The van der Waals surface area contributed by atoms with Crippen LogP contribution in [0.1, 0.15) is 29.9 Å². The average molecular weight is 276 g/mol. The molecule has 0 atom stereocenters. The normalized spacial score (nSPS) is 10.5. The summed E-state index contributed by atoms with van der Waals surface area (Å²) in [5.74, 6) is 0.612. The monoisotopic (exact) mass is 276 g/mol. The quantitative estimate of drug-likeness (QED) is 0.930. The Balaban J connectivity index is 2.11. The zero-order chi connectivity index (χ0) is 13.8. The van der Waals surface area contributed by atoms with E-state index in [9.17, 15) is 4.79 Å². The summed E-state index contributed by atoms with van der Waals surface area (Å²) in [4.78, 5) is 15.9. The van der Waals surface area contributed by atoms with Gasteiger partial charge in [-0.25, -0.2) is 4.98 Å². The van der Waals surface area contributed by atoms with E-state index in [1.807, 2.05) is 39.0 Å². The summed E-state index contributed by atoms with van der Waals surface area (Å²) in [5.41, 5.74) is 3.81. The third-order valence-electron chi connectivity index (χ3n) is 2.48. The number of benzene rings is 1. The van der Waals surface area contributed by atoms with E-state index < -0.39 is 0 Å². The van der Waals surface area contributed by atoms with Crippen LogP contribution in [0.25, 0.3) is 0 Å². The summed E-state index contributed by atoms with van der Waals surface area (Å²) < 4.78 is 5.60. The molecule has 1 heterocycles. The molecule has 0 spiro atoms. The van der Waals surface area contributed by atoms with Crippen molar-refractivity contribution in [3.63, 3.8) is 0 Å². The molecule has 0 aliphatic rings. The van der Waals surface area contributed by atoms with Crippen molar-refractivity contribution >= 4 is 22.9 Å². The third-order valence-corrected chi connectivity index (χ3v) is 3.07. The van der Waals surface area contributed by atoms with Crippen LogP contribution in [0.4, 0.5) is 5.69 Å². The molecule has 4 nitrogen and oxygen atoms in total. The number of ether oxygens (including phenoxy) is 1. The summed E-state index contributed by atoms with van der Waals surface area (Å²) in [7, 11) is 0. The minimum atomic E-state index is -0.193. The Morgan fingerprint density at radius 2 is 2.21 bits per heavy atom. The van der Waals surface area contributed by atoms with Gasteiger partial charge < -0.3 is 10.1 Å². The Morgan fingerprint density at radius 1 is 1.42 bits per heavy atom. The van der Waals surface area contributed by atoms with Crippen molar-refractivity contribution in [3.05, 3.63) is 40.3 Å². The van der Waals surface area contributed by atoms with Crippen molar-refractivity contribution < 1.29 is 9.53 Å². The number of carbonyl (C=O) groups is 1. The lowest BCUT2D eigenvalue weighted by atomic mass is 10.2. The molecule has 0 fully saturated rings. The highest BCUT2D eigenvalue weighted by atomic mass is 32.1. The number of aromatic nitrogens is 1.